The Labute approximate surface area is 180 Å². The van der Waals surface area contributed by atoms with Crippen LogP contribution >= 0.6 is 0 Å². The number of benzene rings is 2. The van der Waals surface area contributed by atoms with Crippen molar-refractivity contribution >= 4 is 0 Å². The third-order valence-electron chi connectivity index (χ3n) is 5.46. The molecule has 1 saturated heterocycles. The minimum absolute atomic E-state index is 0.253. The summed E-state index contributed by atoms with van der Waals surface area (Å²) in [6, 6.07) is 14.5. The Balaban J connectivity index is 1.49. The number of ether oxygens (including phenoxy) is 2. The van der Waals surface area contributed by atoms with E-state index in [1.165, 1.54) is 11.1 Å². The molecule has 1 fully saturated rings. The highest BCUT2D eigenvalue weighted by molar-refractivity contribution is 5.43. The maximum Gasteiger partial charge on any atom is 0.161 e. The first-order valence-electron chi connectivity index (χ1n) is 10.7. The molecule has 1 aliphatic rings. The zero-order chi connectivity index (χ0) is 21.3. The zero-order valence-electron chi connectivity index (χ0n) is 18.4. The van der Waals surface area contributed by atoms with E-state index in [0.29, 0.717) is 18.0 Å². The number of piperazine rings is 1. The number of hydrogen-bond donors (Lipinski definition) is 2. The molecule has 0 spiro atoms. The first-order chi connectivity index (χ1) is 14.5. The van der Waals surface area contributed by atoms with Gasteiger partial charge in [-0.05, 0) is 37.2 Å². The van der Waals surface area contributed by atoms with Gasteiger partial charge in [-0.2, -0.15) is 0 Å². The van der Waals surface area contributed by atoms with Crippen LogP contribution in [0.2, 0.25) is 0 Å². The molecule has 6 heteroatoms. The van der Waals surface area contributed by atoms with Crippen LogP contribution in [0, 0.1) is 6.92 Å². The van der Waals surface area contributed by atoms with E-state index >= 15 is 0 Å². The average molecular weight is 414 g/mol. The van der Waals surface area contributed by atoms with Gasteiger partial charge in [-0.25, -0.2) is 0 Å². The summed E-state index contributed by atoms with van der Waals surface area (Å²) in [4.78, 5) is 4.60. The van der Waals surface area contributed by atoms with Gasteiger partial charge in [0.2, 0.25) is 0 Å². The monoisotopic (exact) mass is 413 g/mol. The SMILES string of the molecule is COc1ccc(CNCc2cccc(C)c2)cc1OC[C@@H](O)CN1CCN(C)CC1. The number of hydrogen-bond acceptors (Lipinski definition) is 6. The third kappa shape index (κ3) is 6.99. The van der Waals surface area contributed by atoms with Crippen LogP contribution in [0.15, 0.2) is 42.5 Å². The Morgan fingerprint density at radius 1 is 1.00 bits per heavy atom. The fourth-order valence-electron chi connectivity index (χ4n) is 3.68. The van der Waals surface area contributed by atoms with E-state index in [2.05, 4.69) is 53.4 Å². The van der Waals surface area contributed by atoms with Crippen LogP contribution in [0.5, 0.6) is 11.5 Å². The molecule has 0 bridgehead atoms. The van der Waals surface area contributed by atoms with Crippen molar-refractivity contribution in [3.8, 4) is 11.5 Å². The Kier molecular flexibility index (Phi) is 8.51. The molecule has 6 nitrogen and oxygen atoms in total. The van der Waals surface area contributed by atoms with Gasteiger partial charge >= 0.3 is 0 Å². The highest BCUT2D eigenvalue weighted by atomic mass is 16.5. The largest absolute Gasteiger partial charge is 0.493 e. The summed E-state index contributed by atoms with van der Waals surface area (Å²) in [5.74, 6) is 1.36. The number of aliphatic hydroxyl groups is 1. The van der Waals surface area contributed by atoms with E-state index in [1.807, 2.05) is 18.2 Å². The molecule has 0 radical (unpaired) electrons. The molecule has 2 N–H and O–H groups in total. The number of aryl methyl sites for hydroxylation is 1. The first kappa shape index (κ1) is 22.6. The first-order valence-corrected chi connectivity index (χ1v) is 10.7. The van der Waals surface area contributed by atoms with Crippen molar-refractivity contribution in [1.82, 2.24) is 15.1 Å². The fraction of sp³-hybridized carbons (Fsp3) is 0.500. The van der Waals surface area contributed by atoms with Crippen molar-refractivity contribution in [3.63, 3.8) is 0 Å². The Morgan fingerprint density at radius 3 is 2.43 bits per heavy atom. The number of rotatable bonds is 10. The van der Waals surface area contributed by atoms with Crippen LogP contribution in [-0.2, 0) is 13.1 Å². The molecule has 164 valence electrons. The second kappa shape index (κ2) is 11.3. The number of likely N-dealkylation sites (N-methyl/N-ethyl adjacent to an activating group) is 1. The van der Waals surface area contributed by atoms with Gasteiger partial charge in [0.15, 0.2) is 11.5 Å². The van der Waals surface area contributed by atoms with E-state index in [9.17, 15) is 5.11 Å². The second-order valence-corrected chi connectivity index (χ2v) is 8.15. The lowest BCUT2D eigenvalue weighted by molar-refractivity contribution is 0.0498. The quantitative estimate of drug-likeness (QED) is 0.623. The van der Waals surface area contributed by atoms with E-state index < -0.39 is 6.10 Å². The van der Waals surface area contributed by atoms with Crippen LogP contribution in [-0.4, -0.2) is 74.5 Å². The predicted molar refractivity (Wildman–Crippen MR) is 120 cm³/mol. The highest BCUT2D eigenvalue weighted by Crippen LogP contribution is 2.28. The van der Waals surface area contributed by atoms with Crippen LogP contribution in [0.25, 0.3) is 0 Å². The molecular formula is C24H35N3O3. The fourth-order valence-corrected chi connectivity index (χ4v) is 3.68. The van der Waals surface area contributed by atoms with Gasteiger partial charge in [0.25, 0.3) is 0 Å². The predicted octanol–water partition coefficient (Wildman–Crippen LogP) is 2.28. The van der Waals surface area contributed by atoms with Gasteiger partial charge in [-0.3, -0.25) is 4.90 Å². The van der Waals surface area contributed by atoms with E-state index in [1.54, 1.807) is 7.11 Å². The molecule has 0 unspecified atom stereocenters. The number of nitrogens with zero attached hydrogens (tertiary/aromatic N) is 2. The van der Waals surface area contributed by atoms with E-state index in [0.717, 1.165) is 44.8 Å². The maximum atomic E-state index is 10.4. The highest BCUT2D eigenvalue weighted by Gasteiger charge is 2.18. The van der Waals surface area contributed by atoms with Crippen molar-refractivity contribution in [2.45, 2.75) is 26.1 Å². The Hall–Kier alpha value is -2.12. The number of nitrogens with one attached hydrogen (secondary N) is 1. The summed E-state index contributed by atoms with van der Waals surface area (Å²) >= 11 is 0. The van der Waals surface area contributed by atoms with Crippen molar-refractivity contribution in [1.29, 1.82) is 0 Å². The Bertz CT molecular complexity index is 791. The Morgan fingerprint density at radius 2 is 1.73 bits per heavy atom. The molecule has 3 rings (SSSR count). The standard InChI is InChI=1S/C24H35N3O3/c1-19-5-4-6-20(13-19)15-25-16-21-7-8-23(29-3)24(14-21)30-18-22(28)17-27-11-9-26(2)10-12-27/h4-8,13-14,22,25,28H,9-12,15-18H2,1-3H3/t22-/m0/s1. The van der Waals surface area contributed by atoms with Crippen LogP contribution in [0.3, 0.4) is 0 Å². The molecule has 2 aromatic carbocycles. The third-order valence-corrected chi connectivity index (χ3v) is 5.46. The second-order valence-electron chi connectivity index (χ2n) is 8.15. The molecule has 0 aliphatic carbocycles. The van der Waals surface area contributed by atoms with E-state index in [4.69, 9.17) is 9.47 Å². The van der Waals surface area contributed by atoms with E-state index in [-0.39, 0.29) is 6.61 Å². The van der Waals surface area contributed by atoms with Crippen LogP contribution in [0.1, 0.15) is 16.7 Å². The molecule has 0 saturated carbocycles. The summed E-state index contributed by atoms with van der Waals surface area (Å²) in [7, 11) is 3.77. The van der Waals surface area contributed by atoms with Gasteiger partial charge in [0.05, 0.1) is 7.11 Å². The lowest BCUT2D eigenvalue weighted by atomic mass is 10.1. The van der Waals surface area contributed by atoms with Crippen LogP contribution < -0.4 is 14.8 Å². The molecule has 1 aliphatic heterocycles. The lowest BCUT2D eigenvalue weighted by Crippen LogP contribution is -2.47. The molecule has 0 amide bonds. The molecule has 0 aromatic heterocycles. The van der Waals surface area contributed by atoms with Gasteiger partial charge in [0.1, 0.15) is 12.7 Å². The van der Waals surface area contributed by atoms with Crippen molar-refractivity contribution in [3.05, 3.63) is 59.2 Å². The zero-order valence-corrected chi connectivity index (χ0v) is 18.4. The van der Waals surface area contributed by atoms with Gasteiger partial charge in [0, 0.05) is 45.8 Å². The smallest absolute Gasteiger partial charge is 0.161 e. The van der Waals surface area contributed by atoms with Crippen molar-refractivity contribution < 1.29 is 14.6 Å². The molecule has 1 heterocycles. The van der Waals surface area contributed by atoms with Gasteiger partial charge < -0.3 is 24.8 Å². The molecular weight excluding hydrogens is 378 g/mol. The number of methoxy groups -OCH3 is 1. The minimum Gasteiger partial charge on any atom is -0.493 e. The topological polar surface area (TPSA) is 57.2 Å². The average Bonchev–Trinajstić information content (AvgIpc) is 2.74. The number of β-amino-alcohol motifs (C(OH)–C–C–N with tert-alkyl or cyclic N) is 1. The summed E-state index contributed by atoms with van der Waals surface area (Å²) in [6.07, 6.45) is -0.527. The number of aliphatic hydroxyl groups excluding tert-OH is 1. The summed E-state index contributed by atoms with van der Waals surface area (Å²) in [6.45, 7) is 8.59. The minimum atomic E-state index is -0.527. The van der Waals surface area contributed by atoms with Crippen LogP contribution in [0.4, 0.5) is 0 Å². The normalized spacial score (nSPS) is 16.4. The lowest BCUT2D eigenvalue weighted by Gasteiger charge is -2.33. The summed E-state index contributed by atoms with van der Waals surface area (Å²) in [5.41, 5.74) is 3.66. The summed E-state index contributed by atoms with van der Waals surface area (Å²) in [5, 5.41) is 13.9. The van der Waals surface area contributed by atoms with Crippen molar-refractivity contribution in [2.75, 3.05) is 53.5 Å². The van der Waals surface area contributed by atoms with Gasteiger partial charge in [-0.15, -0.1) is 0 Å². The molecule has 2 aromatic rings. The summed E-state index contributed by atoms with van der Waals surface area (Å²) < 4.78 is 11.4. The maximum absolute atomic E-state index is 10.4. The van der Waals surface area contributed by atoms with Gasteiger partial charge in [-0.1, -0.05) is 35.9 Å². The molecule has 1 atom stereocenters. The molecule has 30 heavy (non-hydrogen) atoms. The van der Waals surface area contributed by atoms with Crippen molar-refractivity contribution in [2.24, 2.45) is 0 Å².